The quantitative estimate of drug-likeness (QED) is 0.109. The van der Waals surface area contributed by atoms with Crippen LogP contribution >= 0.6 is 0 Å². The van der Waals surface area contributed by atoms with Crippen LogP contribution in [0.15, 0.2) is 88.1 Å². The SMILES string of the molecule is Cc1c(C(=O)Oc2ccc3c(=O)c(-c4cccc5ccccc45)c(C(F)(F)F)oc3c2)cccc1[N+](=O)[O-]. The van der Waals surface area contributed by atoms with Crippen molar-refractivity contribution in [3.8, 4) is 16.9 Å². The van der Waals surface area contributed by atoms with Gasteiger partial charge in [0.25, 0.3) is 5.69 Å². The molecule has 0 unspecified atom stereocenters. The Morgan fingerprint density at radius 1 is 0.947 bits per heavy atom. The number of halogens is 3. The van der Waals surface area contributed by atoms with Gasteiger partial charge in [0, 0.05) is 17.7 Å². The molecule has 38 heavy (non-hydrogen) atoms. The van der Waals surface area contributed by atoms with Crippen LogP contribution in [0.2, 0.25) is 0 Å². The number of ether oxygens (including phenoxy) is 1. The summed E-state index contributed by atoms with van der Waals surface area (Å²) in [6.07, 6.45) is -5.01. The van der Waals surface area contributed by atoms with Crippen molar-refractivity contribution >= 4 is 33.4 Å². The zero-order valence-electron chi connectivity index (χ0n) is 19.5. The Hall–Kier alpha value is -4.99. The summed E-state index contributed by atoms with van der Waals surface area (Å²) < 4.78 is 52.9. The first-order chi connectivity index (χ1) is 18.1. The Bertz CT molecular complexity index is 1820. The highest BCUT2D eigenvalue weighted by molar-refractivity contribution is 5.99. The summed E-state index contributed by atoms with van der Waals surface area (Å²) in [6.45, 7) is 1.37. The van der Waals surface area contributed by atoms with Crippen molar-refractivity contribution in [1.29, 1.82) is 0 Å². The van der Waals surface area contributed by atoms with E-state index in [0.29, 0.717) is 10.8 Å². The highest BCUT2D eigenvalue weighted by Crippen LogP contribution is 2.40. The van der Waals surface area contributed by atoms with E-state index in [1.165, 1.54) is 43.3 Å². The number of nitro benzene ring substituents is 1. The third-order valence-corrected chi connectivity index (χ3v) is 6.11. The lowest BCUT2D eigenvalue weighted by molar-refractivity contribution is -0.385. The summed E-state index contributed by atoms with van der Waals surface area (Å²) in [6, 6.07) is 18.7. The second-order valence-electron chi connectivity index (χ2n) is 8.41. The van der Waals surface area contributed by atoms with Crippen molar-refractivity contribution in [2.45, 2.75) is 13.1 Å². The van der Waals surface area contributed by atoms with E-state index in [-0.39, 0.29) is 33.5 Å². The molecule has 1 heterocycles. The van der Waals surface area contributed by atoms with Crippen LogP contribution in [0.3, 0.4) is 0 Å². The largest absolute Gasteiger partial charge is 0.450 e. The third-order valence-electron chi connectivity index (χ3n) is 6.11. The second kappa shape index (κ2) is 9.15. The van der Waals surface area contributed by atoms with Crippen molar-refractivity contribution in [1.82, 2.24) is 0 Å². The lowest BCUT2D eigenvalue weighted by Gasteiger charge is -2.15. The predicted octanol–water partition coefficient (Wildman–Crippen LogP) is 7.07. The molecule has 0 spiro atoms. The van der Waals surface area contributed by atoms with Gasteiger partial charge in [-0.05, 0) is 41.5 Å². The van der Waals surface area contributed by atoms with E-state index in [2.05, 4.69) is 0 Å². The molecule has 0 aliphatic rings. The number of nitrogens with zero attached hydrogens (tertiary/aromatic N) is 1. The van der Waals surface area contributed by atoms with Gasteiger partial charge in [0.2, 0.25) is 11.2 Å². The average Bonchev–Trinajstić information content (AvgIpc) is 2.87. The van der Waals surface area contributed by atoms with Gasteiger partial charge >= 0.3 is 12.1 Å². The molecule has 0 amide bonds. The maximum atomic E-state index is 14.1. The van der Waals surface area contributed by atoms with E-state index >= 15 is 0 Å². The number of hydrogen-bond donors (Lipinski definition) is 0. The molecule has 190 valence electrons. The smallest absolute Gasteiger partial charge is 0.450 e. The monoisotopic (exact) mass is 519 g/mol. The van der Waals surface area contributed by atoms with Crippen LogP contribution in [0.25, 0.3) is 32.9 Å². The van der Waals surface area contributed by atoms with Gasteiger partial charge in [-0.1, -0.05) is 48.5 Å². The molecule has 0 aliphatic heterocycles. The summed E-state index contributed by atoms with van der Waals surface area (Å²) in [5, 5.41) is 12.1. The highest BCUT2D eigenvalue weighted by Gasteiger charge is 2.39. The predicted molar refractivity (Wildman–Crippen MR) is 133 cm³/mol. The van der Waals surface area contributed by atoms with Crippen LogP contribution < -0.4 is 10.2 Å². The van der Waals surface area contributed by atoms with E-state index in [4.69, 9.17) is 9.15 Å². The van der Waals surface area contributed by atoms with Crippen LogP contribution in [-0.2, 0) is 6.18 Å². The lowest BCUT2D eigenvalue weighted by Crippen LogP contribution is -2.16. The molecule has 0 fully saturated rings. The number of hydrogen-bond acceptors (Lipinski definition) is 6. The zero-order valence-corrected chi connectivity index (χ0v) is 19.5. The lowest BCUT2D eigenvalue weighted by atomic mass is 9.96. The van der Waals surface area contributed by atoms with E-state index in [1.54, 1.807) is 36.4 Å². The van der Waals surface area contributed by atoms with E-state index < -0.39 is 39.4 Å². The number of carbonyl (C=O) groups is 1. The molecule has 10 heteroatoms. The van der Waals surface area contributed by atoms with Crippen molar-refractivity contribution < 1.29 is 32.0 Å². The van der Waals surface area contributed by atoms with Gasteiger partial charge in [0.15, 0.2) is 0 Å². The molecule has 5 aromatic rings. The summed E-state index contributed by atoms with van der Waals surface area (Å²) in [4.78, 5) is 36.6. The molecule has 4 aromatic carbocycles. The highest BCUT2D eigenvalue weighted by atomic mass is 19.4. The molecule has 0 N–H and O–H groups in total. The van der Waals surface area contributed by atoms with E-state index in [1.807, 2.05) is 0 Å². The molecule has 0 saturated carbocycles. The number of fused-ring (bicyclic) bond motifs is 2. The van der Waals surface area contributed by atoms with Crippen molar-refractivity contribution in [2.75, 3.05) is 0 Å². The molecule has 0 radical (unpaired) electrons. The van der Waals surface area contributed by atoms with Crippen molar-refractivity contribution in [3.63, 3.8) is 0 Å². The molecule has 0 saturated heterocycles. The first-order valence-electron chi connectivity index (χ1n) is 11.2. The molecule has 0 aliphatic carbocycles. The molecule has 0 atom stereocenters. The zero-order chi connectivity index (χ0) is 27.2. The maximum absolute atomic E-state index is 14.1. The maximum Gasteiger partial charge on any atom is 0.450 e. The summed E-state index contributed by atoms with van der Waals surface area (Å²) >= 11 is 0. The minimum Gasteiger partial charge on any atom is -0.450 e. The normalized spacial score (nSPS) is 11.6. The standard InChI is InChI=1S/C28H16F3NO6/c1-15-18(9-5-11-22(15)32(35)36)27(34)37-17-12-13-21-23(14-17)38-26(28(29,30)31)24(25(21)33)20-10-4-7-16-6-2-3-8-19(16)20/h2-14H,1H3. The van der Waals surface area contributed by atoms with Gasteiger partial charge in [0.1, 0.15) is 11.3 Å². The number of nitro groups is 1. The minimum atomic E-state index is -5.01. The second-order valence-corrected chi connectivity index (χ2v) is 8.41. The van der Waals surface area contributed by atoms with Gasteiger partial charge in [-0.15, -0.1) is 0 Å². The fourth-order valence-corrected chi connectivity index (χ4v) is 4.33. The Morgan fingerprint density at radius 2 is 1.66 bits per heavy atom. The first-order valence-corrected chi connectivity index (χ1v) is 11.2. The molecular formula is C28H16F3NO6. The van der Waals surface area contributed by atoms with Crippen LogP contribution in [0.4, 0.5) is 18.9 Å². The summed E-state index contributed by atoms with van der Waals surface area (Å²) in [5.74, 6) is -2.65. The number of carbonyl (C=O) groups excluding carboxylic acids is 1. The topological polar surface area (TPSA) is 99.7 Å². The van der Waals surface area contributed by atoms with Crippen molar-refractivity contribution in [3.05, 3.63) is 116 Å². The van der Waals surface area contributed by atoms with Crippen LogP contribution in [0, 0.1) is 17.0 Å². The summed E-state index contributed by atoms with van der Waals surface area (Å²) in [5.41, 5.74) is -2.21. The van der Waals surface area contributed by atoms with Crippen LogP contribution in [0.1, 0.15) is 21.7 Å². The Kier molecular flexibility index (Phi) is 5.94. The molecule has 5 rings (SSSR count). The van der Waals surface area contributed by atoms with Gasteiger partial charge in [0.05, 0.1) is 21.4 Å². The Morgan fingerprint density at radius 3 is 2.39 bits per heavy atom. The first kappa shape index (κ1) is 24.7. The Balaban J connectivity index is 1.64. The van der Waals surface area contributed by atoms with Crippen LogP contribution in [0.5, 0.6) is 5.75 Å². The van der Waals surface area contributed by atoms with Gasteiger partial charge in [-0.25, -0.2) is 4.79 Å². The van der Waals surface area contributed by atoms with E-state index in [0.717, 1.165) is 6.07 Å². The van der Waals surface area contributed by atoms with Crippen molar-refractivity contribution in [2.24, 2.45) is 0 Å². The van der Waals surface area contributed by atoms with Gasteiger partial charge < -0.3 is 9.15 Å². The third kappa shape index (κ3) is 4.26. The van der Waals surface area contributed by atoms with Gasteiger partial charge in [-0.2, -0.15) is 13.2 Å². The number of rotatable bonds is 4. The molecule has 0 bridgehead atoms. The minimum absolute atomic E-state index is 0.0638. The molecule has 7 nitrogen and oxygen atoms in total. The van der Waals surface area contributed by atoms with Crippen LogP contribution in [-0.4, -0.2) is 10.9 Å². The Labute approximate surface area is 211 Å². The number of benzene rings is 4. The summed E-state index contributed by atoms with van der Waals surface area (Å²) in [7, 11) is 0. The number of alkyl halides is 3. The molecule has 1 aromatic heterocycles. The average molecular weight is 519 g/mol. The van der Waals surface area contributed by atoms with E-state index in [9.17, 15) is 32.9 Å². The number of esters is 1. The fourth-order valence-electron chi connectivity index (χ4n) is 4.33. The molecular weight excluding hydrogens is 503 g/mol. The fraction of sp³-hybridized carbons (Fsp3) is 0.0714. The van der Waals surface area contributed by atoms with Gasteiger partial charge in [-0.3, -0.25) is 14.9 Å².